The van der Waals surface area contributed by atoms with Crippen LogP contribution in [0.2, 0.25) is 0 Å². The average Bonchev–Trinajstić information content (AvgIpc) is 3.57. The first-order valence-electron chi connectivity index (χ1n) is 11.8. The molecule has 0 bridgehead atoms. The van der Waals surface area contributed by atoms with Gasteiger partial charge < -0.3 is 20.1 Å². The molecule has 1 saturated carbocycles. The first-order valence-corrected chi connectivity index (χ1v) is 11.8. The number of amides is 2. The first-order chi connectivity index (χ1) is 16.7. The van der Waals surface area contributed by atoms with Gasteiger partial charge in [0.1, 0.15) is 13.2 Å². The Bertz CT molecular complexity index is 999. The molecule has 2 aliphatic heterocycles. The van der Waals surface area contributed by atoms with Crippen LogP contribution in [0.15, 0.2) is 70.6 Å². The van der Waals surface area contributed by atoms with E-state index >= 15 is 0 Å². The zero-order chi connectivity index (χ0) is 23.3. The van der Waals surface area contributed by atoms with Crippen molar-refractivity contribution in [3.8, 4) is 0 Å². The first kappa shape index (κ1) is 22.1. The average molecular weight is 461 g/mol. The number of hydrogen-bond acceptors (Lipinski definition) is 6. The zero-order valence-electron chi connectivity index (χ0n) is 18.9. The molecule has 1 aliphatic carbocycles. The second-order valence-corrected chi connectivity index (χ2v) is 8.77. The Morgan fingerprint density at radius 2 is 1.09 bits per heavy atom. The monoisotopic (exact) mass is 460 g/mol. The summed E-state index contributed by atoms with van der Waals surface area (Å²) in [6.45, 7) is 0.437. The van der Waals surface area contributed by atoms with Crippen molar-refractivity contribution >= 4 is 23.6 Å². The fourth-order valence-corrected chi connectivity index (χ4v) is 4.53. The van der Waals surface area contributed by atoms with Crippen molar-refractivity contribution in [2.24, 2.45) is 9.98 Å². The molecule has 2 aromatic rings. The van der Waals surface area contributed by atoms with Crippen molar-refractivity contribution in [3.63, 3.8) is 0 Å². The van der Waals surface area contributed by atoms with Gasteiger partial charge in [0.15, 0.2) is 12.1 Å². The summed E-state index contributed by atoms with van der Waals surface area (Å²) in [7, 11) is 0. The summed E-state index contributed by atoms with van der Waals surface area (Å²) < 4.78 is 11.3. The van der Waals surface area contributed by atoms with Gasteiger partial charge in [0.2, 0.25) is 23.6 Å². The largest absolute Gasteiger partial charge is 0.475 e. The Morgan fingerprint density at radius 3 is 1.50 bits per heavy atom. The lowest BCUT2D eigenvalue weighted by Crippen LogP contribution is -2.56. The Morgan fingerprint density at radius 1 is 0.676 bits per heavy atom. The lowest BCUT2D eigenvalue weighted by molar-refractivity contribution is -0.126. The molecule has 0 radical (unpaired) electrons. The van der Waals surface area contributed by atoms with Gasteiger partial charge >= 0.3 is 0 Å². The molecule has 4 atom stereocenters. The van der Waals surface area contributed by atoms with E-state index in [9.17, 15) is 9.59 Å². The smallest absolute Gasteiger partial charge is 0.248 e. The summed E-state index contributed by atoms with van der Waals surface area (Å²) in [5, 5.41) is 6.21. The van der Waals surface area contributed by atoms with Gasteiger partial charge in [-0.2, -0.15) is 0 Å². The summed E-state index contributed by atoms with van der Waals surface area (Å²) in [6.07, 6.45) is 3.61. The predicted molar refractivity (Wildman–Crippen MR) is 128 cm³/mol. The van der Waals surface area contributed by atoms with Gasteiger partial charge in [-0.1, -0.05) is 49.2 Å². The number of carbonyl (C=O) groups excluding carboxylic acids is 2. The van der Waals surface area contributed by atoms with Crippen molar-refractivity contribution in [1.29, 1.82) is 0 Å². The molecule has 0 spiro atoms. The molecule has 2 N–H and O–H groups in total. The fourth-order valence-electron chi connectivity index (χ4n) is 4.53. The van der Waals surface area contributed by atoms with E-state index in [1.807, 2.05) is 60.7 Å². The number of benzene rings is 2. The number of hydrogen-bond donors (Lipinski definition) is 2. The van der Waals surface area contributed by atoms with Crippen LogP contribution in [0, 0.1) is 0 Å². The Balaban J connectivity index is 1.19. The van der Waals surface area contributed by atoms with Crippen LogP contribution in [0.5, 0.6) is 0 Å². The van der Waals surface area contributed by atoms with Crippen LogP contribution in [0.25, 0.3) is 0 Å². The van der Waals surface area contributed by atoms with Crippen molar-refractivity contribution in [2.45, 2.75) is 49.9 Å². The molecule has 0 saturated heterocycles. The van der Waals surface area contributed by atoms with Gasteiger partial charge in [0.25, 0.3) is 0 Å². The maximum absolute atomic E-state index is 12.9. The van der Waals surface area contributed by atoms with Crippen molar-refractivity contribution in [1.82, 2.24) is 10.6 Å². The lowest BCUT2D eigenvalue weighted by atomic mass is 9.89. The molecule has 8 heteroatoms. The molecule has 8 nitrogen and oxygen atoms in total. The lowest BCUT2D eigenvalue weighted by Gasteiger charge is -2.33. The summed E-state index contributed by atoms with van der Waals surface area (Å²) in [5.74, 6) is 0.626. The molecule has 0 unspecified atom stereocenters. The summed E-state index contributed by atoms with van der Waals surface area (Å²) >= 11 is 0. The van der Waals surface area contributed by atoms with Crippen LogP contribution in [0.4, 0.5) is 0 Å². The molecule has 1 fully saturated rings. The summed E-state index contributed by atoms with van der Waals surface area (Å²) in [6, 6.07) is 17.6. The molecule has 34 heavy (non-hydrogen) atoms. The molecular formula is C26H28N4O4. The Hall–Kier alpha value is -3.68. The molecule has 0 aromatic heterocycles. The van der Waals surface area contributed by atoms with Gasteiger partial charge in [-0.3, -0.25) is 9.59 Å². The van der Waals surface area contributed by atoms with E-state index in [0.29, 0.717) is 11.8 Å². The molecule has 176 valence electrons. The van der Waals surface area contributed by atoms with Crippen LogP contribution in [0.3, 0.4) is 0 Å². The molecule has 2 heterocycles. The maximum Gasteiger partial charge on any atom is 0.248 e. The third-order valence-electron chi connectivity index (χ3n) is 6.37. The highest BCUT2D eigenvalue weighted by Crippen LogP contribution is 2.21. The predicted octanol–water partition coefficient (Wildman–Crippen LogP) is 2.22. The number of ether oxygens (including phenoxy) is 2. The van der Waals surface area contributed by atoms with Gasteiger partial charge in [-0.25, -0.2) is 9.98 Å². The van der Waals surface area contributed by atoms with E-state index in [4.69, 9.17) is 9.47 Å². The second kappa shape index (κ2) is 10.1. The molecule has 2 aromatic carbocycles. The molecule has 3 aliphatic rings. The molecular weight excluding hydrogens is 432 g/mol. The third kappa shape index (κ3) is 4.95. The van der Waals surface area contributed by atoms with Crippen molar-refractivity contribution < 1.29 is 19.1 Å². The Kier molecular flexibility index (Phi) is 6.56. The topological polar surface area (TPSA) is 101 Å². The Labute approximate surface area is 198 Å². The number of nitrogens with zero attached hydrogens (tertiary/aromatic N) is 2. The SMILES string of the molecule is O=C(N[C@H]1CCCC[C@@H]1NC(=O)[C@@H]1COC(c2ccccc2)=N1)[C@@H]1COC(c2ccccc2)=N1. The quantitative estimate of drug-likeness (QED) is 0.690. The second-order valence-electron chi connectivity index (χ2n) is 8.77. The number of rotatable bonds is 6. The van der Waals surface area contributed by atoms with Crippen LogP contribution in [0.1, 0.15) is 36.8 Å². The fraction of sp³-hybridized carbons (Fsp3) is 0.385. The van der Waals surface area contributed by atoms with E-state index in [0.717, 1.165) is 36.8 Å². The van der Waals surface area contributed by atoms with E-state index < -0.39 is 12.1 Å². The van der Waals surface area contributed by atoms with E-state index in [-0.39, 0.29) is 37.1 Å². The highest BCUT2D eigenvalue weighted by molar-refractivity contribution is 5.99. The van der Waals surface area contributed by atoms with E-state index in [2.05, 4.69) is 20.6 Å². The minimum atomic E-state index is -0.588. The number of carbonyl (C=O) groups is 2. The number of nitrogens with one attached hydrogen (secondary N) is 2. The van der Waals surface area contributed by atoms with E-state index in [1.54, 1.807) is 0 Å². The number of aliphatic imine (C=N–C) groups is 2. The minimum absolute atomic E-state index is 0.152. The van der Waals surface area contributed by atoms with Crippen LogP contribution in [-0.4, -0.2) is 61.0 Å². The van der Waals surface area contributed by atoms with Crippen molar-refractivity contribution in [2.75, 3.05) is 13.2 Å². The van der Waals surface area contributed by atoms with Gasteiger partial charge in [0.05, 0.1) is 0 Å². The normalized spacial score (nSPS) is 26.0. The summed E-state index contributed by atoms with van der Waals surface area (Å²) in [4.78, 5) is 34.8. The van der Waals surface area contributed by atoms with Crippen LogP contribution in [-0.2, 0) is 19.1 Å². The zero-order valence-corrected chi connectivity index (χ0v) is 18.9. The standard InChI is InChI=1S/C26H28N4O4/c31-23(21-15-33-25(29-21)17-9-3-1-4-10-17)27-19-13-7-8-14-20(19)28-24(32)22-16-34-26(30-22)18-11-5-2-6-12-18/h1-6,9-12,19-22H,7-8,13-16H2,(H,27,31)(H,28,32)/t19-,20-,21-,22-/m0/s1. The van der Waals surface area contributed by atoms with Crippen LogP contribution < -0.4 is 10.6 Å². The highest BCUT2D eigenvalue weighted by Gasteiger charge is 2.34. The highest BCUT2D eigenvalue weighted by atomic mass is 16.5. The van der Waals surface area contributed by atoms with Crippen molar-refractivity contribution in [3.05, 3.63) is 71.8 Å². The van der Waals surface area contributed by atoms with Gasteiger partial charge in [-0.05, 0) is 37.1 Å². The van der Waals surface area contributed by atoms with Crippen LogP contribution >= 0.6 is 0 Å². The van der Waals surface area contributed by atoms with Gasteiger partial charge in [0, 0.05) is 23.2 Å². The van der Waals surface area contributed by atoms with Gasteiger partial charge in [-0.15, -0.1) is 0 Å². The third-order valence-corrected chi connectivity index (χ3v) is 6.37. The van der Waals surface area contributed by atoms with E-state index in [1.165, 1.54) is 0 Å². The minimum Gasteiger partial charge on any atom is -0.475 e. The molecule has 5 rings (SSSR count). The maximum atomic E-state index is 12.9. The molecule has 2 amide bonds. The summed E-state index contributed by atoms with van der Waals surface area (Å²) in [5.41, 5.74) is 1.71.